The van der Waals surface area contributed by atoms with Crippen LogP contribution in [0.2, 0.25) is 5.02 Å². The third kappa shape index (κ3) is 4.50. The molecule has 0 aliphatic carbocycles. The summed E-state index contributed by atoms with van der Waals surface area (Å²) in [5, 5.41) is 7.55. The van der Waals surface area contributed by atoms with Gasteiger partial charge in [-0.15, -0.1) is 5.10 Å². The lowest BCUT2D eigenvalue weighted by Gasteiger charge is -2.23. The highest BCUT2D eigenvalue weighted by molar-refractivity contribution is 6.34. The zero-order valence-electron chi connectivity index (χ0n) is 16.8. The van der Waals surface area contributed by atoms with Crippen molar-refractivity contribution in [2.75, 3.05) is 30.5 Å². The number of carbonyl (C=O) groups is 2. The molecule has 166 valence electrons. The van der Waals surface area contributed by atoms with Crippen molar-refractivity contribution in [1.82, 2.24) is 15.1 Å². The van der Waals surface area contributed by atoms with E-state index >= 15 is 0 Å². The van der Waals surface area contributed by atoms with Crippen molar-refractivity contribution in [3.8, 4) is 5.75 Å². The first-order chi connectivity index (χ1) is 15.5. The fourth-order valence-corrected chi connectivity index (χ4v) is 3.65. The van der Waals surface area contributed by atoms with E-state index in [4.69, 9.17) is 26.5 Å². The van der Waals surface area contributed by atoms with Crippen molar-refractivity contribution < 1.29 is 23.1 Å². The molecule has 1 aromatic heterocycles. The van der Waals surface area contributed by atoms with Crippen LogP contribution in [-0.2, 0) is 17.9 Å². The molecular formula is C21H19ClFN5O4. The van der Waals surface area contributed by atoms with Gasteiger partial charge in [-0.25, -0.2) is 4.39 Å². The van der Waals surface area contributed by atoms with Crippen molar-refractivity contribution in [3.05, 3.63) is 64.5 Å². The van der Waals surface area contributed by atoms with Crippen LogP contribution in [0.5, 0.6) is 5.75 Å². The number of nitrogens with two attached hydrogens (primary N) is 1. The standard InChI is InChI=1S/C21H19ClFN5O4/c22-16-9-14(31-8-7-23)5-6-15(16)20(30)28-12-19(29)27(11-18-25-26-21(24)32-18)10-13-3-1-2-4-17(13)28/h1-6,9H,7-8,10-12H2,(H2,24,26). The van der Waals surface area contributed by atoms with Gasteiger partial charge in [0.1, 0.15) is 25.6 Å². The number of alkyl halides is 1. The fourth-order valence-electron chi connectivity index (χ4n) is 3.40. The Hall–Kier alpha value is -3.66. The molecule has 0 bridgehead atoms. The van der Waals surface area contributed by atoms with Crippen LogP contribution in [0.25, 0.3) is 0 Å². The Morgan fingerprint density at radius 3 is 2.75 bits per heavy atom. The van der Waals surface area contributed by atoms with E-state index in [2.05, 4.69) is 10.2 Å². The minimum absolute atomic E-state index is 0.0563. The smallest absolute Gasteiger partial charge is 0.312 e. The molecule has 0 saturated heterocycles. The molecule has 0 unspecified atom stereocenters. The van der Waals surface area contributed by atoms with Gasteiger partial charge in [0, 0.05) is 12.2 Å². The lowest BCUT2D eigenvalue weighted by molar-refractivity contribution is -0.131. The molecule has 0 atom stereocenters. The predicted octanol–water partition coefficient (Wildman–Crippen LogP) is 2.84. The van der Waals surface area contributed by atoms with E-state index in [1.54, 1.807) is 12.1 Å². The summed E-state index contributed by atoms with van der Waals surface area (Å²) in [6.07, 6.45) is 0. The molecule has 0 saturated carbocycles. The molecule has 0 fully saturated rings. The number of carbonyl (C=O) groups excluding carboxylic acids is 2. The molecule has 1 aliphatic rings. The van der Waals surface area contributed by atoms with Crippen LogP contribution in [-0.4, -0.2) is 46.7 Å². The zero-order chi connectivity index (χ0) is 22.7. The van der Waals surface area contributed by atoms with Gasteiger partial charge >= 0.3 is 6.01 Å². The first kappa shape index (κ1) is 21.6. The van der Waals surface area contributed by atoms with Gasteiger partial charge < -0.3 is 19.8 Å². The number of amides is 2. The predicted molar refractivity (Wildman–Crippen MR) is 114 cm³/mol. The van der Waals surface area contributed by atoms with Crippen molar-refractivity contribution in [2.24, 2.45) is 0 Å². The van der Waals surface area contributed by atoms with Crippen LogP contribution in [0.15, 0.2) is 46.9 Å². The Kier molecular flexibility index (Phi) is 6.22. The normalized spacial score (nSPS) is 13.6. The summed E-state index contributed by atoms with van der Waals surface area (Å²) in [6, 6.07) is 11.6. The average Bonchev–Trinajstić information content (AvgIpc) is 3.13. The number of rotatable bonds is 6. The molecule has 4 rings (SSSR count). The number of halogens is 2. The van der Waals surface area contributed by atoms with E-state index in [1.807, 2.05) is 12.1 Å². The monoisotopic (exact) mass is 459 g/mol. The van der Waals surface area contributed by atoms with E-state index in [1.165, 1.54) is 28.0 Å². The van der Waals surface area contributed by atoms with E-state index in [9.17, 15) is 14.0 Å². The molecule has 0 spiro atoms. The van der Waals surface area contributed by atoms with Crippen molar-refractivity contribution in [2.45, 2.75) is 13.1 Å². The van der Waals surface area contributed by atoms with Gasteiger partial charge in [0.15, 0.2) is 0 Å². The Bertz CT molecular complexity index is 1150. The number of para-hydroxylation sites is 1. The van der Waals surface area contributed by atoms with E-state index < -0.39 is 12.6 Å². The number of ether oxygens (including phenoxy) is 1. The Morgan fingerprint density at radius 2 is 2.03 bits per heavy atom. The number of anilines is 2. The van der Waals surface area contributed by atoms with Gasteiger partial charge in [-0.1, -0.05) is 34.9 Å². The second-order valence-electron chi connectivity index (χ2n) is 6.98. The van der Waals surface area contributed by atoms with E-state index in [-0.39, 0.29) is 54.6 Å². The number of aromatic nitrogens is 2. The molecule has 3 aromatic rings. The third-order valence-electron chi connectivity index (χ3n) is 4.86. The summed E-state index contributed by atoms with van der Waals surface area (Å²) in [5.74, 6) is -0.219. The van der Waals surface area contributed by atoms with Crippen molar-refractivity contribution in [3.63, 3.8) is 0 Å². The molecule has 11 heteroatoms. The Labute approximate surface area is 187 Å². The highest BCUT2D eigenvalue weighted by Gasteiger charge is 2.31. The van der Waals surface area contributed by atoms with Gasteiger partial charge in [0.05, 0.1) is 17.1 Å². The van der Waals surface area contributed by atoms with Gasteiger partial charge in [-0.05, 0) is 29.8 Å². The highest BCUT2D eigenvalue weighted by atomic mass is 35.5. The van der Waals surface area contributed by atoms with Gasteiger partial charge in [0.25, 0.3) is 5.91 Å². The van der Waals surface area contributed by atoms with E-state index in [0.29, 0.717) is 11.4 Å². The Balaban J connectivity index is 1.63. The molecule has 2 amide bonds. The largest absolute Gasteiger partial charge is 0.491 e. The summed E-state index contributed by atoms with van der Waals surface area (Å²) < 4.78 is 22.7. The van der Waals surface area contributed by atoms with Crippen LogP contribution in [0.4, 0.5) is 16.1 Å². The molecule has 32 heavy (non-hydrogen) atoms. The Morgan fingerprint density at radius 1 is 1.22 bits per heavy atom. The SMILES string of the molecule is Nc1nnc(CN2Cc3ccccc3N(C(=O)c3ccc(OCCF)cc3Cl)CC2=O)o1. The zero-order valence-corrected chi connectivity index (χ0v) is 17.6. The second-order valence-corrected chi connectivity index (χ2v) is 7.39. The quantitative estimate of drug-likeness (QED) is 0.602. The van der Waals surface area contributed by atoms with Crippen LogP contribution in [0.1, 0.15) is 21.8 Å². The first-order valence-electron chi connectivity index (χ1n) is 9.70. The molecule has 2 N–H and O–H groups in total. The summed E-state index contributed by atoms with van der Waals surface area (Å²) >= 11 is 6.31. The van der Waals surface area contributed by atoms with Crippen molar-refractivity contribution >= 4 is 35.1 Å². The third-order valence-corrected chi connectivity index (χ3v) is 5.17. The van der Waals surface area contributed by atoms with E-state index in [0.717, 1.165) is 5.56 Å². The summed E-state index contributed by atoms with van der Waals surface area (Å²) in [5.41, 5.74) is 7.01. The number of nitrogens with zero attached hydrogens (tertiary/aromatic N) is 4. The van der Waals surface area contributed by atoms with Crippen LogP contribution in [0.3, 0.4) is 0 Å². The topological polar surface area (TPSA) is 115 Å². The van der Waals surface area contributed by atoms with Crippen LogP contribution >= 0.6 is 11.6 Å². The molecule has 2 heterocycles. The lowest BCUT2D eigenvalue weighted by Crippen LogP contribution is -2.40. The van der Waals surface area contributed by atoms with Crippen molar-refractivity contribution in [1.29, 1.82) is 0 Å². The maximum atomic E-state index is 13.4. The summed E-state index contributed by atoms with van der Waals surface area (Å²) in [7, 11) is 0. The molecular weight excluding hydrogens is 441 g/mol. The summed E-state index contributed by atoms with van der Waals surface area (Å²) in [6.45, 7) is -0.668. The maximum absolute atomic E-state index is 13.4. The minimum Gasteiger partial charge on any atom is -0.491 e. The summed E-state index contributed by atoms with van der Waals surface area (Å²) in [4.78, 5) is 29.3. The average molecular weight is 460 g/mol. The van der Waals surface area contributed by atoms with Gasteiger partial charge in [0.2, 0.25) is 11.8 Å². The first-order valence-corrected chi connectivity index (χ1v) is 10.1. The molecule has 2 aromatic carbocycles. The number of nitrogen functional groups attached to an aromatic ring is 1. The maximum Gasteiger partial charge on any atom is 0.312 e. The second kappa shape index (κ2) is 9.23. The number of hydrogen-bond acceptors (Lipinski definition) is 7. The fraction of sp³-hybridized carbons (Fsp3) is 0.238. The molecule has 0 radical (unpaired) electrons. The molecule has 1 aliphatic heterocycles. The number of hydrogen-bond donors (Lipinski definition) is 1. The van der Waals surface area contributed by atoms with Crippen LogP contribution < -0.4 is 15.4 Å². The van der Waals surface area contributed by atoms with Gasteiger partial charge in [-0.2, -0.15) is 0 Å². The highest BCUT2D eigenvalue weighted by Crippen LogP contribution is 2.30. The minimum atomic E-state index is -0.641. The molecule has 9 nitrogen and oxygen atoms in total. The van der Waals surface area contributed by atoms with Gasteiger partial charge in [-0.3, -0.25) is 14.5 Å². The number of fused-ring (bicyclic) bond motifs is 1. The van der Waals surface area contributed by atoms with Crippen LogP contribution in [0, 0.1) is 0 Å². The lowest BCUT2D eigenvalue weighted by atomic mass is 10.1. The number of benzene rings is 2.